The van der Waals surface area contributed by atoms with Gasteiger partial charge in [-0.2, -0.15) is 0 Å². The van der Waals surface area contributed by atoms with Gasteiger partial charge < -0.3 is 0 Å². The van der Waals surface area contributed by atoms with Gasteiger partial charge in [0.2, 0.25) is 0 Å². The van der Waals surface area contributed by atoms with Crippen molar-refractivity contribution < 1.29 is 4.92 Å². The largest absolute Gasteiger partial charge is 0.277 e. The lowest BCUT2D eigenvalue weighted by Crippen LogP contribution is -1.94. The first kappa shape index (κ1) is 9.58. The van der Waals surface area contributed by atoms with Gasteiger partial charge in [0, 0.05) is 23.3 Å². The molecule has 2 rings (SSSR count). The van der Waals surface area contributed by atoms with Gasteiger partial charge in [0.1, 0.15) is 0 Å². The fourth-order valence-corrected chi connectivity index (χ4v) is 1.74. The number of nitro groups is 1. The molecule has 0 aliphatic rings. The van der Waals surface area contributed by atoms with Crippen LogP contribution < -0.4 is 0 Å². The highest BCUT2D eigenvalue weighted by Gasteiger charge is 2.14. The van der Waals surface area contributed by atoms with Crippen molar-refractivity contribution in [3.05, 3.63) is 45.8 Å². The lowest BCUT2D eigenvalue weighted by atomic mass is 10.0. The minimum Gasteiger partial charge on any atom is -0.261 e. The van der Waals surface area contributed by atoms with Gasteiger partial charge in [-0.05, 0) is 19.4 Å². The minimum atomic E-state index is -0.352. The van der Waals surface area contributed by atoms with Crippen LogP contribution in [0.15, 0.2) is 24.4 Å². The van der Waals surface area contributed by atoms with Crippen molar-refractivity contribution in [2.45, 2.75) is 13.8 Å². The Hall–Kier alpha value is -1.97. The standard InChI is InChI=1S/C11H10N2O2/c1-7-6-12-8(2)9-4-3-5-10(11(7)9)13(14)15/h3-6H,1-2H3. The van der Waals surface area contributed by atoms with Crippen LogP contribution in [0.4, 0.5) is 5.69 Å². The molecule has 15 heavy (non-hydrogen) atoms. The Labute approximate surface area is 86.7 Å². The van der Waals surface area contributed by atoms with Crippen LogP contribution in [-0.2, 0) is 0 Å². The summed E-state index contributed by atoms with van der Waals surface area (Å²) in [6.45, 7) is 3.69. The number of aromatic nitrogens is 1. The van der Waals surface area contributed by atoms with Gasteiger partial charge in [-0.15, -0.1) is 0 Å². The van der Waals surface area contributed by atoms with E-state index in [4.69, 9.17) is 0 Å². The summed E-state index contributed by atoms with van der Waals surface area (Å²) in [6.07, 6.45) is 1.67. The van der Waals surface area contributed by atoms with Crippen molar-refractivity contribution >= 4 is 16.5 Å². The molecule has 0 atom stereocenters. The molecule has 4 nitrogen and oxygen atoms in total. The maximum atomic E-state index is 10.9. The van der Waals surface area contributed by atoms with Crippen LogP contribution in [-0.4, -0.2) is 9.91 Å². The predicted molar refractivity (Wildman–Crippen MR) is 57.9 cm³/mol. The number of fused-ring (bicyclic) bond motifs is 1. The lowest BCUT2D eigenvalue weighted by Gasteiger charge is -2.04. The predicted octanol–water partition coefficient (Wildman–Crippen LogP) is 2.76. The van der Waals surface area contributed by atoms with E-state index in [0.29, 0.717) is 5.39 Å². The van der Waals surface area contributed by atoms with E-state index in [-0.39, 0.29) is 10.6 Å². The van der Waals surface area contributed by atoms with Crippen molar-refractivity contribution in [2.75, 3.05) is 0 Å². The number of aryl methyl sites for hydroxylation is 2. The molecule has 76 valence electrons. The van der Waals surface area contributed by atoms with Crippen LogP contribution in [0.5, 0.6) is 0 Å². The number of benzene rings is 1. The third kappa shape index (κ3) is 1.44. The van der Waals surface area contributed by atoms with E-state index in [1.165, 1.54) is 6.07 Å². The van der Waals surface area contributed by atoms with Gasteiger partial charge in [0.25, 0.3) is 5.69 Å². The van der Waals surface area contributed by atoms with Crippen LogP contribution in [0.25, 0.3) is 10.8 Å². The number of pyridine rings is 1. The fraction of sp³-hybridized carbons (Fsp3) is 0.182. The van der Waals surface area contributed by atoms with E-state index in [0.717, 1.165) is 16.6 Å². The minimum absolute atomic E-state index is 0.149. The molecular formula is C11H10N2O2. The van der Waals surface area contributed by atoms with E-state index < -0.39 is 0 Å². The number of nitro benzene ring substituents is 1. The second-order valence-corrected chi connectivity index (χ2v) is 3.48. The highest BCUT2D eigenvalue weighted by molar-refractivity contribution is 5.94. The first-order valence-corrected chi connectivity index (χ1v) is 4.60. The van der Waals surface area contributed by atoms with E-state index >= 15 is 0 Å². The van der Waals surface area contributed by atoms with Gasteiger partial charge in [0.05, 0.1) is 10.3 Å². The Bertz CT molecular complexity index is 550. The van der Waals surface area contributed by atoms with Crippen molar-refractivity contribution in [3.8, 4) is 0 Å². The smallest absolute Gasteiger partial charge is 0.261 e. The van der Waals surface area contributed by atoms with E-state index in [1.807, 2.05) is 19.9 Å². The number of nitrogens with zero attached hydrogens (tertiary/aromatic N) is 2. The van der Waals surface area contributed by atoms with Crippen molar-refractivity contribution in [2.24, 2.45) is 0 Å². The Morgan fingerprint density at radius 2 is 2.07 bits per heavy atom. The summed E-state index contributed by atoms with van der Waals surface area (Å²) in [7, 11) is 0. The number of non-ortho nitro benzene ring substituents is 1. The molecule has 0 aliphatic heterocycles. The Morgan fingerprint density at radius 3 is 2.73 bits per heavy atom. The van der Waals surface area contributed by atoms with E-state index in [2.05, 4.69) is 4.98 Å². The molecule has 0 radical (unpaired) electrons. The maximum Gasteiger partial charge on any atom is 0.277 e. The summed E-state index contributed by atoms with van der Waals surface area (Å²) >= 11 is 0. The highest BCUT2D eigenvalue weighted by Crippen LogP contribution is 2.29. The van der Waals surface area contributed by atoms with E-state index in [1.54, 1.807) is 12.3 Å². The van der Waals surface area contributed by atoms with Gasteiger partial charge in [-0.25, -0.2) is 0 Å². The molecule has 1 heterocycles. The summed E-state index contributed by atoms with van der Waals surface area (Å²) in [5.41, 5.74) is 1.80. The number of hydrogen-bond donors (Lipinski definition) is 0. The zero-order valence-corrected chi connectivity index (χ0v) is 8.52. The number of hydrogen-bond acceptors (Lipinski definition) is 3. The molecule has 0 aliphatic carbocycles. The molecule has 1 aromatic carbocycles. The van der Waals surface area contributed by atoms with Crippen LogP contribution in [0.1, 0.15) is 11.3 Å². The van der Waals surface area contributed by atoms with Gasteiger partial charge >= 0.3 is 0 Å². The topological polar surface area (TPSA) is 56.0 Å². The molecule has 0 saturated carbocycles. The van der Waals surface area contributed by atoms with Gasteiger partial charge in [-0.1, -0.05) is 12.1 Å². The molecule has 4 heteroatoms. The molecule has 2 aromatic rings. The summed E-state index contributed by atoms with van der Waals surface area (Å²) in [6, 6.07) is 5.07. The number of rotatable bonds is 1. The summed E-state index contributed by atoms with van der Waals surface area (Å²) < 4.78 is 0. The Morgan fingerprint density at radius 1 is 1.33 bits per heavy atom. The molecule has 0 bridgehead atoms. The molecule has 0 N–H and O–H groups in total. The second-order valence-electron chi connectivity index (χ2n) is 3.48. The normalized spacial score (nSPS) is 10.5. The van der Waals surface area contributed by atoms with Crippen LogP contribution >= 0.6 is 0 Å². The summed E-state index contributed by atoms with van der Waals surface area (Å²) in [5.74, 6) is 0. The van der Waals surface area contributed by atoms with Crippen LogP contribution in [0.2, 0.25) is 0 Å². The zero-order valence-electron chi connectivity index (χ0n) is 8.52. The second kappa shape index (κ2) is 3.31. The zero-order chi connectivity index (χ0) is 11.0. The Balaban J connectivity index is 2.96. The fourth-order valence-electron chi connectivity index (χ4n) is 1.74. The van der Waals surface area contributed by atoms with Crippen LogP contribution in [0.3, 0.4) is 0 Å². The highest BCUT2D eigenvalue weighted by atomic mass is 16.6. The maximum absolute atomic E-state index is 10.9. The summed E-state index contributed by atoms with van der Waals surface area (Å²) in [5, 5.41) is 12.4. The third-order valence-electron chi connectivity index (χ3n) is 2.48. The lowest BCUT2D eigenvalue weighted by molar-refractivity contribution is -0.383. The van der Waals surface area contributed by atoms with Crippen molar-refractivity contribution in [1.29, 1.82) is 0 Å². The molecule has 0 amide bonds. The van der Waals surface area contributed by atoms with Gasteiger partial charge in [-0.3, -0.25) is 15.1 Å². The van der Waals surface area contributed by atoms with E-state index in [9.17, 15) is 10.1 Å². The Kier molecular flexibility index (Phi) is 2.11. The summed E-state index contributed by atoms with van der Waals surface area (Å²) in [4.78, 5) is 14.7. The molecule has 0 fully saturated rings. The van der Waals surface area contributed by atoms with Crippen LogP contribution in [0, 0.1) is 24.0 Å². The molecule has 0 spiro atoms. The molecule has 0 saturated heterocycles. The SMILES string of the molecule is Cc1ncc(C)c2c([N+](=O)[O-])cccc12. The van der Waals surface area contributed by atoms with Gasteiger partial charge in [0.15, 0.2) is 0 Å². The monoisotopic (exact) mass is 202 g/mol. The first-order valence-electron chi connectivity index (χ1n) is 4.60. The van der Waals surface area contributed by atoms with Crippen molar-refractivity contribution in [3.63, 3.8) is 0 Å². The average molecular weight is 202 g/mol. The van der Waals surface area contributed by atoms with Crippen molar-refractivity contribution in [1.82, 2.24) is 4.98 Å². The third-order valence-corrected chi connectivity index (χ3v) is 2.48. The quantitative estimate of drug-likeness (QED) is 0.527. The first-order chi connectivity index (χ1) is 7.11. The molecule has 0 unspecified atom stereocenters. The molecular weight excluding hydrogens is 192 g/mol. The molecule has 1 aromatic heterocycles. The average Bonchev–Trinajstić information content (AvgIpc) is 2.23.